The number of hydrogen-bond donors (Lipinski definition) is 2. The highest BCUT2D eigenvalue weighted by Gasteiger charge is 2.18. The third-order valence-electron chi connectivity index (χ3n) is 3.67. The lowest BCUT2D eigenvalue weighted by molar-refractivity contribution is 0.324. The third kappa shape index (κ3) is 2.71. The zero-order valence-corrected chi connectivity index (χ0v) is 13.7. The maximum absolute atomic E-state index is 5.75. The Hall–Kier alpha value is -3.22. The summed E-state index contributed by atoms with van der Waals surface area (Å²) in [5, 5.41) is 11.2. The standard InChI is InChI=1S/C17H18N4O3/c1-22-13-8-11(9-14(23-2)17(13)24-3)16-15(19-21-20-16)10-4-6-12(18)7-5-10/h4-9H,18H2,1-3H3,(H,19,20,21). The number of nitrogens with zero attached hydrogens (tertiary/aromatic N) is 2. The second-order valence-corrected chi connectivity index (χ2v) is 5.06. The smallest absolute Gasteiger partial charge is 0.203 e. The fraction of sp³-hybridized carbons (Fsp3) is 0.176. The molecule has 0 amide bonds. The first-order valence-electron chi connectivity index (χ1n) is 7.25. The number of aromatic nitrogens is 3. The molecule has 0 saturated carbocycles. The molecule has 1 heterocycles. The Morgan fingerprint density at radius 3 is 1.83 bits per heavy atom. The summed E-state index contributed by atoms with van der Waals surface area (Å²) in [6.45, 7) is 0. The fourth-order valence-electron chi connectivity index (χ4n) is 2.49. The van der Waals surface area contributed by atoms with Gasteiger partial charge in [-0.05, 0) is 24.3 Å². The van der Waals surface area contributed by atoms with Crippen LogP contribution < -0.4 is 19.9 Å². The van der Waals surface area contributed by atoms with Gasteiger partial charge in [-0.15, -0.1) is 0 Å². The van der Waals surface area contributed by atoms with Crippen LogP contribution in [0.25, 0.3) is 22.5 Å². The molecule has 2 aromatic carbocycles. The van der Waals surface area contributed by atoms with Crippen LogP contribution in [0, 0.1) is 0 Å². The minimum Gasteiger partial charge on any atom is -0.493 e. The molecule has 0 bridgehead atoms. The molecule has 0 aliphatic carbocycles. The first-order chi connectivity index (χ1) is 11.7. The average Bonchev–Trinajstić information content (AvgIpc) is 3.10. The Labute approximate surface area is 139 Å². The first-order valence-corrected chi connectivity index (χ1v) is 7.25. The molecule has 24 heavy (non-hydrogen) atoms. The number of methoxy groups -OCH3 is 3. The zero-order valence-electron chi connectivity index (χ0n) is 13.7. The maximum Gasteiger partial charge on any atom is 0.203 e. The number of anilines is 1. The van der Waals surface area contributed by atoms with Crippen molar-refractivity contribution in [2.75, 3.05) is 27.1 Å². The van der Waals surface area contributed by atoms with Crippen LogP contribution in [0.2, 0.25) is 0 Å². The molecule has 3 rings (SSSR count). The van der Waals surface area contributed by atoms with Gasteiger partial charge in [0.15, 0.2) is 11.5 Å². The van der Waals surface area contributed by atoms with Gasteiger partial charge in [-0.1, -0.05) is 12.1 Å². The monoisotopic (exact) mass is 326 g/mol. The minimum atomic E-state index is 0.529. The molecule has 0 fully saturated rings. The summed E-state index contributed by atoms with van der Waals surface area (Å²) < 4.78 is 16.1. The Morgan fingerprint density at radius 1 is 0.792 bits per heavy atom. The van der Waals surface area contributed by atoms with Crippen molar-refractivity contribution < 1.29 is 14.2 Å². The van der Waals surface area contributed by atoms with Crippen molar-refractivity contribution in [1.82, 2.24) is 15.4 Å². The van der Waals surface area contributed by atoms with E-state index >= 15 is 0 Å². The summed E-state index contributed by atoms with van der Waals surface area (Å²) in [7, 11) is 4.71. The van der Waals surface area contributed by atoms with E-state index in [9.17, 15) is 0 Å². The summed E-state index contributed by atoms with van der Waals surface area (Å²) >= 11 is 0. The number of nitrogens with one attached hydrogen (secondary N) is 1. The molecule has 0 saturated heterocycles. The maximum atomic E-state index is 5.75. The number of hydrogen-bond acceptors (Lipinski definition) is 6. The van der Waals surface area contributed by atoms with Gasteiger partial charge in [0, 0.05) is 16.8 Å². The highest BCUT2D eigenvalue weighted by molar-refractivity contribution is 5.80. The van der Waals surface area contributed by atoms with Gasteiger partial charge in [-0.2, -0.15) is 15.4 Å². The molecule has 0 spiro atoms. The minimum absolute atomic E-state index is 0.529. The van der Waals surface area contributed by atoms with Crippen molar-refractivity contribution in [1.29, 1.82) is 0 Å². The molecule has 1 aromatic heterocycles. The largest absolute Gasteiger partial charge is 0.493 e. The van der Waals surface area contributed by atoms with Crippen LogP contribution in [-0.2, 0) is 0 Å². The SMILES string of the molecule is COc1cc(-c2n[nH]nc2-c2ccc(N)cc2)cc(OC)c1OC. The lowest BCUT2D eigenvalue weighted by Crippen LogP contribution is -1.96. The first kappa shape index (κ1) is 15.7. The summed E-state index contributed by atoms with van der Waals surface area (Å²) in [4.78, 5) is 0. The molecule has 0 unspecified atom stereocenters. The molecule has 0 radical (unpaired) electrons. The number of ether oxygens (including phenoxy) is 3. The van der Waals surface area contributed by atoms with Crippen molar-refractivity contribution in [3.8, 4) is 39.8 Å². The second-order valence-electron chi connectivity index (χ2n) is 5.06. The molecule has 0 aliphatic heterocycles. The molecule has 0 atom stereocenters. The van der Waals surface area contributed by atoms with E-state index in [1.807, 2.05) is 36.4 Å². The van der Waals surface area contributed by atoms with E-state index in [1.54, 1.807) is 21.3 Å². The van der Waals surface area contributed by atoms with Crippen LogP contribution in [0.4, 0.5) is 5.69 Å². The Bertz CT molecular complexity index is 818. The van der Waals surface area contributed by atoms with E-state index in [0.29, 0.717) is 34.3 Å². The van der Waals surface area contributed by atoms with Gasteiger partial charge in [0.25, 0.3) is 0 Å². The number of nitrogens with two attached hydrogens (primary N) is 1. The average molecular weight is 326 g/mol. The number of nitrogen functional groups attached to an aromatic ring is 1. The van der Waals surface area contributed by atoms with Crippen molar-refractivity contribution in [3.05, 3.63) is 36.4 Å². The molecule has 124 valence electrons. The van der Waals surface area contributed by atoms with E-state index in [0.717, 1.165) is 11.1 Å². The van der Waals surface area contributed by atoms with Crippen LogP contribution in [0.15, 0.2) is 36.4 Å². The quantitative estimate of drug-likeness (QED) is 0.700. The summed E-state index contributed by atoms with van der Waals surface area (Å²) in [6, 6.07) is 11.1. The highest BCUT2D eigenvalue weighted by atomic mass is 16.5. The van der Waals surface area contributed by atoms with Gasteiger partial charge >= 0.3 is 0 Å². The van der Waals surface area contributed by atoms with E-state index in [4.69, 9.17) is 19.9 Å². The fourth-order valence-corrected chi connectivity index (χ4v) is 2.49. The van der Waals surface area contributed by atoms with E-state index in [2.05, 4.69) is 15.4 Å². The Kier molecular flexibility index (Phi) is 4.24. The van der Waals surface area contributed by atoms with Gasteiger partial charge < -0.3 is 19.9 Å². The van der Waals surface area contributed by atoms with Crippen LogP contribution in [0.5, 0.6) is 17.2 Å². The number of rotatable bonds is 5. The van der Waals surface area contributed by atoms with Crippen LogP contribution >= 0.6 is 0 Å². The molecule has 3 aromatic rings. The van der Waals surface area contributed by atoms with Gasteiger partial charge in [-0.3, -0.25) is 0 Å². The van der Waals surface area contributed by atoms with Crippen molar-refractivity contribution in [2.45, 2.75) is 0 Å². The Morgan fingerprint density at radius 2 is 1.33 bits per heavy atom. The molecule has 0 aliphatic rings. The third-order valence-corrected chi connectivity index (χ3v) is 3.67. The summed E-state index contributed by atoms with van der Waals surface area (Å²) in [6.07, 6.45) is 0. The second kappa shape index (κ2) is 6.49. The van der Waals surface area contributed by atoms with Crippen molar-refractivity contribution in [2.24, 2.45) is 0 Å². The molecule has 7 nitrogen and oxygen atoms in total. The number of H-pyrrole nitrogens is 1. The van der Waals surface area contributed by atoms with Crippen LogP contribution in [-0.4, -0.2) is 36.7 Å². The van der Waals surface area contributed by atoms with Crippen molar-refractivity contribution in [3.63, 3.8) is 0 Å². The lowest BCUT2D eigenvalue weighted by atomic mass is 10.0. The highest BCUT2D eigenvalue weighted by Crippen LogP contribution is 2.42. The summed E-state index contributed by atoms with van der Waals surface area (Å²) in [5.41, 5.74) is 9.53. The number of benzene rings is 2. The topological polar surface area (TPSA) is 95.3 Å². The van der Waals surface area contributed by atoms with Crippen LogP contribution in [0.3, 0.4) is 0 Å². The van der Waals surface area contributed by atoms with E-state index < -0.39 is 0 Å². The van der Waals surface area contributed by atoms with Gasteiger partial charge in [0.2, 0.25) is 5.75 Å². The zero-order chi connectivity index (χ0) is 17.1. The number of aromatic amines is 1. The Balaban J connectivity index is 2.14. The molecular formula is C17H18N4O3. The molecule has 7 heteroatoms. The van der Waals surface area contributed by atoms with E-state index in [-0.39, 0.29) is 0 Å². The predicted octanol–water partition coefficient (Wildman–Crippen LogP) is 2.75. The molecule has 3 N–H and O–H groups in total. The van der Waals surface area contributed by atoms with Gasteiger partial charge in [0.05, 0.1) is 21.3 Å². The van der Waals surface area contributed by atoms with Gasteiger partial charge in [0.1, 0.15) is 11.4 Å². The lowest BCUT2D eigenvalue weighted by Gasteiger charge is -2.13. The van der Waals surface area contributed by atoms with E-state index in [1.165, 1.54) is 0 Å². The molecular weight excluding hydrogens is 308 g/mol. The van der Waals surface area contributed by atoms with Crippen molar-refractivity contribution >= 4 is 5.69 Å². The predicted molar refractivity (Wildman–Crippen MR) is 91.3 cm³/mol. The summed E-state index contributed by atoms with van der Waals surface area (Å²) in [5.74, 6) is 1.64. The van der Waals surface area contributed by atoms with Crippen LogP contribution in [0.1, 0.15) is 0 Å². The normalized spacial score (nSPS) is 10.5. The van der Waals surface area contributed by atoms with Gasteiger partial charge in [-0.25, -0.2) is 0 Å².